The van der Waals surface area contributed by atoms with Gasteiger partial charge in [-0.25, -0.2) is 9.59 Å². The molecule has 1 N–H and O–H groups in total. The molecule has 1 heterocycles. The standard InChI is InChI=1S/C26H31NO6/c1-5-26(6-2)32-15-22(33-26)16(3)23(24(28)29)27(25(30)31-4)21-13-9-12-19-18-11-8-7-10-17(18)14-20(19)21/h7-13,16,22-23H,5-6,14-15H2,1-4H3,(H,28,29)/t16-,22-,23-/m0/s1. The van der Waals surface area contributed by atoms with E-state index in [0.717, 1.165) is 22.3 Å². The lowest BCUT2D eigenvalue weighted by Crippen LogP contribution is -2.52. The highest BCUT2D eigenvalue weighted by atomic mass is 16.7. The Bertz CT molecular complexity index is 1050. The molecule has 1 saturated heterocycles. The molecule has 2 aromatic carbocycles. The number of amides is 1. The Labute approximate surface area is 194 Å². The monoisotopic (exact) mass is 453 g/mol. The van der Waals surface area contributed by atoms with Crippen LogP contribution in [0.15, 0.2) is 42.5 Å². The molecule has 0 unspecified atom stereocenters. The topological polar surface area (TPSA) is 85.3 Å². The van der Waals surface area contributed by atoms with E-state index in [0.29, 0.717) is 24.9 Å². The Morgan fingerprint density at radius 1 is 1.15 bits per heavy atom. The van der Waals surface area contributed by atoms with Crippen LogP contribution >= 0.6 is 0 Å². The molecule has 33 heavy (non-hydrogen) atoms. The number of hydrogen-bond donors (Lipinski definition) is 1. The number of fused-ring (bicyclic) bond motifs is 3. The van der Waals surface area contributed by atoms with Gasteiger partial charge in [-0.15, -0.1) is 0 Å². The lowest BCUT2D eigenvalue weighted by Gasteiger charge is -2.35. The quantitative estimate of drug-likeness (QED) is 0.550. The molecule has 1 amide bonds. The van der Waals surface area contributed by atoms with Crippen LogP contribution in [0.25, 0.3) is 11.1 Å². The molecular formula is C26H31NO6. The van der Waals surface area contributed by atoms with Gasteiger partial charge < -0.3 is 19.3 Å². The summed E-state index contributed by atoms with van der Waals surface area (Å²) in [7, 11) is 1.27. The number of carboxylic acids is 1. The Morgan fingerprint density at radius 3 is 2.48 bits per heavy atom. The van der Waals surface area contributed by atoms with Crippen molar-refractivity contribution in [2.45, 2.75) is 58.0 Å². The Hall–Kier alpha value is -2.90. The first kappa shape index (κ1) is 23.3. The summed E-state index contributed by atoms with van der Waals surface area (Å²) in [4.78, 5) is 26.9. The van der Waals surface area contributed by atoms with E-state index < -0.39 is 35.9 Å². The first-order valence-corrected chi connectivity index (χ1v) is 11.5. The number of nitrogens with zero attached hydrogens (tertiary/aromatic N) is 1. The molecule has 1 aliphatic heterocycles. The highest BCUT2D eigenvalue weighted by molar-refractivity contribution is 5.98. The first-order valence-electron chi connectivity index (χ1n) is 11.5. The average Bonchev–Trinajstić information content (AvgIpc) is 3.44. The number of benzene rings is 2. The van der Waals surface area contributed by atoms with Gasteiger partial charge in [0.25, 0.3) is 0 Å². The van der Waals surface area contributed by atoms with Gasteiger partial charge in [-0.1, -0.05) is 57.2 Å². The third-order valence-electron chi connectivity index (χ3n) is 7.03. The molecule has 3 atom stereocenters. The van der Waals surface area contributed by atoms with Gasteiger partial charge in [-0.05, 0) is 41.2 Å². The van der Waals surface area contributed by atoms with E-state index in [1.54, 1.807) is 13.0 Å². The van der Waals surface area contributed by atoms with Gasteiger partial charge in [0.1, 0.15) is 6.04 Å². The largest absolute Gasteiger partial charge is 0.480 e. The van der Waals surface area contributed by atoms with Crippen molar-refractivity contribution in [3.05, 3.63) is 53.6 Å². The van der Waals surface area contributed by atoms with Crippen molar-refractivity contribution in [3.8, 4) is 11.1 Å². The molecule has 0 saturated carbocycles. The summed E-state index contributed by atoms with van der Waals surface area (Å²) in [6.07, 6.45) is 0.765. The second-order valence-electron chi connectivity index (χ2n) is 8.70. The minimum atomic E-state index is -1.19. The molecule has 0 aromatic heterocycles. The Kier molecular flexibility index (Phi) is 6.45. The average molecular weight is 454 g/mol. The molecule has 0 spiro atoms. The highest BCUT2D eigenvalue weighted by Crippen LogP contribution is 2.43. The number of carbonyl (C=O) groups excluding carboxylic acids is 1. The van der Waals surface area contributed by atoms with Gasteiger partial charge in [-0.2, -0.15) is 0 Å². The summed E-state index contributed by atoms with van der Waals surface area (Å²) in [5.74, 6) is -2.37. The van der Waals surface area contributed by atoms with E-state index >= 15 is 0 Å². The zero-order valence-electron chi connectivity index (χ0n) is 19.5. The van der Waals surface area contributed by atoms with Crippen LogP contribution < -0.4 is 4.90 Å². The van der Waals surface area contributed by atoms with Crippen molar-refractivity contribution in [2.24, 2.45) is 5.92 Å². The maximum absolute atomic E-state index is 13.1. The van der Waals surface area contributed by atoms with Crippen molar-refractivity contribution in [2.75, 3.05) is 18.6 Å². The third kappa shape index (κ3) is 4.00. The molecule has 2 aromatic rings. The number of anilines is 1. The van der Waals surface area contributed by atoms with E-state index in [1.165, 1.54) is 12.0 Å². The van der Waals surface area contributed by atoms with Crippen LogP contribution in [0.4, 0.5) is 10.5 Å². The van der Waals surface area contributed by atoms with Crippen LogP contribution in [0.3, 0.4) is 0 Å². The lowest BCUT2D eigenvalue weighted by molar-refractivity contribution is -0.178. The number of aliphatic carboxylic acids is 1. The van der Waals surface area contributed by atoms with E-state index in [2.05, 4.69) is 6.07 Å². The number of rotatable bonds is 7. The molecule has 7 nitrogen and oxygen atoms in total. The van der Waals surface area contributed by atoms with Crippen LogP contribution in [-0.2, 0) is 25.4 Å². The number of methoxy groups -OCH3 is 1. The van der Waals surface area contributed by atoms with E-state index in [1.807, 2.05) is 44.2 Å². The van der Waals surface area contributed by atoms with Crippen LogP contribution in [-0.4, -0.2) is 48.8 Å². The van der Waals surface area contributed by atoms with Crippen molar-refractivity contribution in [1.82, 2.24) is 0 Å². The fourth-order valence-electron chi connectivity index (χ4n) is 5.06. The van der Waals surface area contributed by atoms with Gasteiger partial charge in [0.2, 0.25) is 0 Å². The van der Waals surface area contributed by atoms with Crippen molar-refractivity contribution >= 4 is 17.7 Å². The summed E-state index contributed by atoms with van der Waals surface area (Å²) >= 11 is 0. The molecular weight excluding hydrogens is 422 g/mol. The molecule has 0 radical (unpaired) electrons. The summed E-state index contributed by atoms with van der Waals surface area (Å²) in [5.41, 5.74) is 4.72. The van der Waals surface area contributed by atoms with E-state index in [9.17, 15) is 14.7 Å². The number of hydrogen-bond acceptors (Lipinski definition) is 5. The maximum Gasteiger partial charge on any atom is 0.414 e. The van der Waals surface area contributed by atoms with Crippen molar-refractivity contribution < 1.29 is 28.9 Å². The van der Waals surface area contributed by atoms with Crippen molar-refractivity contribution in [3.63, 3.8) is 0 Å². The summed E-state index contributed by atoms with van der Waals surface area (Å²) in [5, 5.41) is 10.3. The van der Waals surface area contributed by atoms with Crippen LogP contribution in [0.2, 0.25) is 0 Å². The number of carbonyl (C=O) groups is 2. The molecule has 1 fully saturated rings. The minimum Gasteiger partial charge on any atom is -0.480 e. The maximum atomic E-state index is 13.1. The second kappa shape index (κ2) is 9.15. The zero-order chi connectivity index (χ0) is 23.8. The Morgan fingerprint density at radius 2 is 1.85 bits per heavy atom. The molecule has 7 heteroatoms. The highest BCUT2D eigenvalue weighted by Gasteiger charge is 2.47. The molecule has 0 bridgehead atoms. The first-order chi connectivity index (χ1) is 15.9. The second-order valence-corrected chi connectivity index (χ2v) is 8.70. The van der Waals surface area contributed by atoms with Gasteiger partial charge in [0.15, 0.2) is 5.79 Å². The molecule has 2 aliphatic rings. The van der Waals surface area contributed by atoms with E-state index in [4.69, 9.17) is 14.2 Å². The van der Waals surface area contributed by atoms with Crippen molar-refractivity contribution in [1.29, 1.82) is 0 Å². The van der Waals surface area contributed by atoms with E-state index in [-0.39, 0.29) is 6.61 Å². The van der Waals surface area contributed by atoms with Crippen LogP contribution in [0, 0.1) is 5.92 Å². The van der Waals surface area contributed by atoms with Gasteiger partial charge in [0, 0.05) is 12.3 Å². The van der Waals surface area contributed by atoms with Crippen LogP contribution in [0.1, 0.15) is 44.7 Å². The summed E-state index contributed by atoms with van der Waals surface area (Å²) < 4.78 is 17.2. The normalized spacial score (nSPS) is 19.9. The summed E-state index contributed by atoms with van der Waals surface area (Å²) in [6.45, 7) is 6.04. The third-order valence-corrected chi connectivity index (χ3v) is 7.03. The smallest absolute Gasteiger partial charge is 0.414 e. The van der Waals surface area contributed by atoms with Gasteiger partial charge in [0.05, 0.1) is 25.5 Å². The lowest BCUT2D eigenvalue weighted by atomic mass is 9.93. The summed E-state index contributed by atoms with van der Waals surface area (Å²) in [6, 6.07) is 12.5. The molecule has 1 aliphatic carbocycles. The fourth-order valence-corrected chi connectivity index (χ4v) is 5.06. The minimum absolute atomic E-state index is 0.278. The van der Waals surface area contributed by atoms with Gasteiger partial charge in [-0.3, -0.25) is 4.90 Å². The molecule has 176 valence electrons. The number of carboxylic acid groups (broad SMARTS) is 1. The zero-order valence-corrected chi connectivity index (χ0v) is 19.5. The SMILES string of the molecule is CCC1(CC)OC[C@@H]([C@H](C)[C@@H](C(=O)O)N(C(=O)OC)c2cccc3c2Cc2ccccc2-3)O1. The Balaban J connectivity index is 1.75. The van der Waals surface area contributed by atoms with Crippen LogP contribution in [0.5, 0.6) is 0 Å². The predicted octanol–water partition coefficient (Wildman–Crippen LogP) is 4.85. The molecule has 4 rings (SSSR count). The van der Waals surface area contributed by atoms with Gasteiger partial charge >= 0.3 is 12.1 Å². The fraction of sp³-hybridized carbons (Fsp3) is 0.462. The predicted molar refractivity (Wildman–Crippen MR) is 124 cm³/mol. The number of ether oxygens (including phenoxy) is 3.